The number of hydrogen-bond acceptors (Lipinski definition) is 6. The van der Waals surface area contributed by atoms with Crippen LogP contribution in [-0.4, -0.2) is 56.0 Å². The monoisotopic (exact) mass is 348 g/mol. The molecule has 0 amide bonds. The number of para-hydroxylation sites is 1. The van der Waals surface area contributed by atoms with Crippen LogP contribution in [0.5, 0.6) is 5.75 Å². The minimum absolute atomic E-state index is 0.208. The van der Waals surface area contributed by atoms with Crippen molar-refractivity contribution in [3.05, 3.63) is 42.4 Å². The van der Waals surface area contributed by atoms with E-state index in [2.05, 4.69) is 14.9 Å². The fourth-order valence-corrected chi connectivity index (χ4v) is 4.41. The number of nitrogens with zero attached hydrogens (tertiary/aromatic N) is 4. The van der Waals surface area contributed by atoms with Crippen molar-refractivity contribution in [2.24, 2.45) is 0 Å². The third-order valence-electron chi connectivity index (χ3n) is 4.09. The van der Waals surface area contributed by atoms with Crippen molar-refractivity contribution < 1.29 is 13.2 Å². The van der Waals surface area contributed by atoms with Crippen molar-refractivity contribution in [2.75, 3.05) is 38.2 Å². The van der Waals surface area contributed by atoms with Crippen molar-refractivity contribution in [3.63, 3.8) is 0 Å². The molecule has 0 N–H and O–H groups in total. The predicted octanol–water partition coefficient (Wildman–Crippen LogP) is 1.30. The van der Waals surface area contributed by atoms with Crippen LogP contribution >= 0.6 is 0 Å². The van der Waals surface area contributed by atoms with Crippen molar-refractivity contribution >= 4 is 15.8 Å². The van der Waals surface area contributed by atoms with Gasteiger partial charge in [-0.3, -0.25) is 0 Å². The Hall–Kier alpha value is -2.19. The summed E-state index contributed by atoms with van der Waals surface area (Å²) >= 11 is 0. The SMILES string of the molecule is COc1ccccc1S(=O)(=O)N1CCN(c2ncncc2C)CC1. The van der Waals surface area contributed by atoms with Gasteiger partial charge in [0.15, 0.2) is 0 Å². The standard InChI is InChI=1S/C16H20N4O3S/c1-13-11-17-12-18-16(13)19-7-9-20(10-8-19)24(21,22)15-6-4-3-5-14(15)23-2/h3-6,11-12H,7-10H2,1-2H3. The van der Waals surface area contributed by atoms with Crippen molar-refractivity contribution in [2.45, 2.75) is 11.8 Å². The Morgan fingerprint density at radius 3 is 2.50 bits per heavy atom. The number of anilines is 1. The molecule has 128 valence electrons. The zero-order chi connectivity index (χ0) is 17.2. The lowest BCUT2D eigenvalue weighted by Gasteiger charge is -2.35. The average molecular weight is 348 g/mol. The van der Waals surface area contributed by atoms with E-state index in [4.69, 9.17) is 4.74 Å². The van der Waals surface area contributed by atoms with Crippen LogP contribution < -0.4 is 9.64 Å². The number of benzene rings is 1. The number of aryl methyl sites for hydroxylation is 1. The summed E-state index contributed by atoms with van der Waals surface area (Å²) in [5.74, 6) is 1.23. The molecule has 0 spiro atoms. The predicted molar refractivity (Wildman–Crippen MR) is 90.7 cm³/mol. The molecule has 3 rings (SSSR count). The summed E-state index contributed by atoms with van der Waals surface area (Å²) in [5.41, 5.74) is 0.985. The first-order chi connectivity index (χ1) is 11.5. The van der Waals surface area contributed by atoms with Gasteiger partial charge < -0.3 is 9.64 Å². The molecule has 1 saturated heterocycles. The molecule has 1 aliphatic heterocycles. The van der Waals surface area contributed by atoms with Crippen LogP contribution in [0, 0.1) is 6.92 Å². The first-order valence-electron chi connectivity index (χ1n) is 7.69. The molecule has 2 heterocycles. The minimum Gasteiger partial charge on any atom is -0.495 e. The number of rotatable bonds is 4. The molecule has 0 unspecified atom stereocenters. The third kappa shape index (κ3) is 3.07. The highest BCUT2D eigenvalue weighted by Crippen LogP contribution is 2.27. The maximum absolute atomic E-state index is 12.9. The summed E-state index contributed by atoms with van der Waals surface area (Å²) in [6, 6.07) is 6.70. The van der Waals surface area contributed by atoms with E-state index in [0.29, 0.717) is 31.9 Å². The second kappa shape index (κ2) is 6.74. The Kier molecular flexibility index (Phi) is 4.68. The van der Waals surface area contributed by atoms with Crippen LogP contribution in [0.1, 0.15) is 5.56 Å². The Bertz CT molecular complexity index is 818. The molecular weight excluding hydrogens is 328 g/mol. The Morgan fingerprint density at radius 1 is 1.12 bits per heavy atom. The molecule has 0 aliphatic carbocycles. The van der Waals surface area contributed by atoms with E-state index in [1.54, 1.807) is 30.5 Å². The molecule has 8 heteroatoms. The number of aromatic nitrogens is 2. The van der Waals surface area contributed by atoms with Crippen LogP contribution in [-0.2, 0) is 10.0 Å². The van der Waals surface area contributed by atoms with Gasteiger partial charge in [0.05, 0.1) is 7.11 Å². The van der Waals surface area contributed by atoms with Gasteiger partial charge in [-0.15, -0.1) is 0 Å². The molecule has 0 atom stereocenters. The van der Waals surface area contributed by atoms with Crippen LogP contribution in [0.15, 0.2) is 41.7 Å². The Labute approximate surface area is 142 Å². The van der Waals surface area contributed by atoms with E-state index >= 15 is 0 Å². The summed E-state index contributed by atoms with van der Waals surface area (Å²) in [6.07, 6.45) is 3.28. The van der Waals surface area contributed by atoms with Gasteiger partial charge in [-0.25, -0.2) is 18.4 Å². The van der Waals surface area contributed by atoms with Gasteiger partial charge in [-0.1, -0.05) is 12.1 Å². The van der Waals surface area contributed by atoms with E-state index < -0.39 is 10.0 Å². The highest BCUT2D eigenvalue weighted by atomic mass is 32.2. The molecule has 24 heavy (non-hydrogen) atoms. The third-order valence-corrected chi connectivity index (χ3v) is 6.03. The van der Waals surface area contributed by atoms with Gasteiger partial charge in [0.25, 0.3) is 0 Å². The molecule has 0 bridgehead atoms. The zero-order valence-corrected chi connectivity index (χ0v) is 14.5. The van der Waals surface area contributed by atoms with Crippen molar-refractivity contribution in [1.29, 1.82) is 0 Å². The highest BCUT2D eigenvalue weighted by Gasteiger charge is 2.31. The number of piperazine rings is 1. The van der Waals surface area contributed by atoms with E-state index in [1.807, 2.05) is 6.92 Å². The lowest BCUT2D eigenvalue weighted by molar-refractivity contribution is 0.373. The van der Waals surface area contributed by atoms with Crippen LogP contribution in [0.2, 0.25) is 0 Å². The number of ether oxygens (including phenoxy) is 1. The summed E-state index contributed by atoms with van der Waals surface area (Å²) in [4.78, 5) is 10.6. The largest absolute Gasteiger partial charge is 0.495 e. The Morgan fingerprint density at radius 2 is 1.83 bits per heavy atom. The molecule has 0 radical (unpaired) electrons. The Balaban J connectivity index is 1.78. The first kappa shape index (κ1) is 16.7. The van der Waals surface area contributed by atoms with Crippen molar-refractivity contribution in [3.8, 4) is 5.75 Å². The molecule has 1 aromatic carbocycles. The highest BCUT2D eigenvalue weighted by molar-refractivity contribution is 7.89. The lowest BCUT2D eigenvalue weighted by atomic mass is 10.3. The maximum Gasteiger partial charge on any atom is 0.246 e. The summed E-state index contributed by atoms with van der Waals surface area (Å²) < 4.78 is 32.5. The minimum atomic E-state index is -3.57. The average Bonchev–Trinajstić information content (AvgIpc) is 2.62. The number of sulfonamides is 1. The maximum atomic E-state index is 12.9. The zero-order valence-electron chi connectivity index (χ0n) is 13.7. The fourth-order valence-electron chi connectivity index (χ4n) is 2.84. The van der Waals surface area contributed by atoms with Gasteiger partial charge in [0.1, 0.15) is 22.8 Å². The quantitative estimate of drug-likeness (QED) is 0.829. The van der Waals surface area contributed by atoms with Gasteiger partial charge in [0.2, 0.25) is 10.0 Å². The second-order valence-electron chi connectivity index (χ2n) is 5.57. The van der Waals surface area contributed by atoms with E-state index in [0.717, 1.165) is 11.4 Å². The van der Waals surface area contributed by atoms with Crippen LogP contribution in [0.3, 0.4) is 0 Å². The van der Waals surface area contributed by atoms with Gasteiger partial charge in [-0.05, 0) is 19.1 Å². The second-order valence-corrected chi connectivity index (χ2v) is 7.48. The van der Waals surface area contributed by atoms with Crippen LogP contribution in [0.4, 0.5) is 5.82 Å². The van der Waals surface area contributed by atoms with Gasteiger partial charge in [0, 0.05) is 37.9 Å². The first-order valence-corrected chi connectivity index (χ1v) is 9.13. The summed E-state index contributed by atoms with van der Waals surface area (Å²) in [5, 5.41) is 0. The molecule has 2 aromatic rings. The number of hydrogen-bond donors (Lipinski definition) is 0. The smallest absolute Gasteiger partial charge is 0.246 e. The molecule has 1 aliphatic rings. The van der Waals surface area contributed by atoms with Gasteiger partial charge >= 0.3 is 0 Å². The van der Waals surface area contributed by atoms with Crippen molar-refractivity contribution in [1.82, 2.24) is 14.3 Å². The lowest BCUT2D eigenvalue weighted by Crippen LogP contribution is -2.49. The molecule has 0 saturated carbocycles. The normalized spacial score (nSPS) is 16.2. The van der Waals surface area contributed by atoms with Crippen LogP contribution in [0.25, 0.3) is 0 Å². The molecule has 7 nitrogen and oxygen atoms in total. The molecular formula is C16H20N4O3S. The summed E-state index contributed by atoms with van der Waals surface area (Å²) in [6.45, 7) is 3.94. The van der Waals surface area contributed by atoms with E-state index in [-0.39, 0.29) is 4.90 Å². The number of methoxy groups -OCH3 is 1. The molecule has 1 fully saturated rings. The van der Waals surface area contributed by atoms with E-state index in [1.165, 1.54) is 17.7 Å². The van der Waals surface area contributed by atoms with Gasteiger partial charge in [-0.2, -0.15) is 4.31 Å². The fraction of sp³-hybridized carbons (Fsp3) is 0.375. The topological polar surface area (TPSA) is 75.6 Å². The molecule has 1 aromatic heterocycles. The summed E-state index contributed by atoms with van der Waals surface area (Å²) in [7, 11) is -2.10. The van der Waals surface area contributed by atoms with E-state index in [9.17, 15) is 8.42 Å².